The molecule has 26 heavy (non-hydrogen) atoms. The molecule has 136 valence electrons. The lowest BCUT2D eigenvalue weighted by molar-refractivity contribution is -0.116. The number of anilines is 1. The molecule has 2 aromatic rings. The topological polar surface area (TPSA) is 83.6 Å². The maximum absolute atomic E-state index is 12.6. The van der Waals surface area contributed by atoms with Crippen molar-refractivity contribution in [3.8, 4) is 0 Å². The summed E-state index contributed by atoms with van der Waals surface area (Å²) in [5.74, 6) is -1.21. The summed E-state index contributed by atoms with van der Waals surface area (Å²) in [6.45, 7) is 3.42. The molecular formula is C19H20N2O4S. The molecule has 7 heteroatoms. The first-order valence-corrected chi connectivity index (χ1v) is 9.90. The molecule has 0 unspecified atom stereocenters. The van der Waals surface area contributed by atoms with Crippen LogP contribution >= 0.6 is 0 Å². The quantitative estimate of drug-likeness (QED) is 0.874. The van der Waals surface area contributed by atoms with Gasteiger partial charge >= 0.3 is 0 Å². The molecule has 1 heterocycles. The van der Waals surface area contributed by atoms with Crippen molar-refractivity contribution < 1.29 is 18.0 Å². The minimum atomic E-state index is -3.99. The third-order valence-corrected chi connectivity index (χ3v) is 6.25. The highest BCUT2D eigenvalue weighted by atomic mass is 32.2. The van der Waals surface area contributed by atoms with E-state index in [2.05, 4.69) is 5.32 Å². The number of fused-ring (bicyclic) bond motifs is 1. The van der Waals surface area contributed by atoms with Crippen LogP contribution in [0.15, 0.2) is 47.4 Å². The maximum Gasteiger partial charge on any atom is 0.269 e. The second-order valence-corrected chi connectivity index (χ2v) is 7.85. The van der Waals surface area contributed by atoms with E-state index in [0.717, 1.165) is 24.0 Å². The molecule has 1 aliphatic heterocycles. The van der Waals surface area contributed by atoms with Crippen LogP contribution in [0.25, 0.3) is 0 Å². The van der Waals surface area contributed by atoms with Gasteiger partial charge in [-0.15, -0.1) is 0 Å². The Morgan fingerprint density at radius 1 is 1.00 bits per heavy atom. The molecule has 0 aliphatic carbocycles. The van der Waals surface area contributed by atoms with Crippen LogP contribution in [0.4, 0.5) is 5.69 Å². The van der Waals surface area contributed by atoms with Gasteiger partial charge in [0, 0.05) is 5.69 Å². The Hall–Kier alpha value is -2.67. The molecule has 1 N–H and O–H groups in total. The van der Waals surface area contributed by atoms with Crippen molar-refractivity contribution in [1.29, 1.82) is 0 Å². The Morgan fingerprint density at radius 3 is 2.19 bits per heavy atom. The Kier molecular flexibility index (Phi) is 4.82. The van der Waals surface area contributed by atoms with Crippen LogP contribution in [-0.2, 0) is 27.7 Å². The highest BCUT2D eigenvalue weighted by Crippen LogP contribution is 2.30. The molecule has 2 amide bonds. The number of aryl methyl sites for hydroxylation is 2. The number of carbonyl (C=O) groups excluding carboxylic acids is 2. The van der Waals surface area contributed by atoms with Gasteiger partial charge < -0.3 is 5.32 Å². The van der Waals surface area contributed by atoms with Gasteiger partial charge in [-0.05, 0) is 36.1 Å². The highest BCUT2D eigenvalue weighted by Gasteiger charge is 2.41. The number of carbonyl (C=O) groups is 2. The maximum atomic E-state index is 12.6. The molecule has 6 nitrogen and oxygen atoms in total. The van der Waals surface area contributed by atoms with Crippen molar-refractivity contribution in [2.24, 2.45) is 0 Å². The number of sulfonamides is 1. The molecule has 0 saturated carbocycles. The molecule has 3 rings (SSSR count). The van der Waals surface area contributed by atoms with Crippen LogP contribution in [-0.4, -0.2) is 31.1 Å². The number of benzene rings is 2. The van der Waals surface area contributed by atoms with E-state index in [1.807, 2.05) is 32.0 Å². The number of nitrogens with zero attached hydrogens (tertiary/aromatic N) is 1. The van der Waals surface area contributed by atoms with Gasteiger partial charge in [0.05, 0.1) is 5.56 Å². The van der Waals surface area contributed by atoms with Crippen molar-refractivity contribution in [3.63, 3.8) is 0 Å². The van der Waals surface area contributed by atoms with E-state index in [0.29, 0.717) is 9.99 Å². The normalized spacial score (nSPS) is 15.0. The van der Waals surface area contributed by atoms with Gasteiger partial charge in [0.15, 0.2) is 0 Å². The van der Waals surface area contributed by atoms with E-state index in [9.17, 15) is 18.0 Å². The molecule has 0 saturated heterocycles. The van der Waals surface area contributed by atoms with Crippen molar-refractivity contribution in [3.05, 3.63) is 59.2 Å². The van der Waals surface area contributed by atoms with Crippen LogP contribution in [0.5, 0.6) is 0 Å². The van der Waals surface area contributed by atoms with Crippen molar-refractivity contribution in [2.45, 2.75) is 31.6 Å². The summed E-state index contributed by atoms with van der Waals surface area (Å²) in [6.07, 6.45) is 1.46. The zero-order chi connectivity index (χ0) is 18.9. The van der Waals surface area contributed by atoms with Crippen LogP contribution in [0.2, 0.25) is 0 Å². The molecule has 0 bridgehead atoms. The SMILES string of the molecule is CCc1cccc(CC)c1NC(=O)CN1C(=O)c2ccccc2S1(=O)=O. The fourth-order valence-electron chi connectivity index (χ4n) is 3.10. The van der Waals surface area contributed by atoms with Gasteiger partial charge in [-0.2, -0.15) is 0 Å². The lowest BCUT2D eigenvalue weighted by atomic mass is 10.0. The average molecular weight is 372 g/mol. The summed E-state index contributed by atoms with van der Waals surface area (Å²) >= 11 is 0. The Bertz CT molecular complexity index is 961. The summed E-state index contributed by atoms with van der Waals surface area (Å²) in [5, 5.41) is 2.80. The minimum absolute atomic E-state index is 0.0546. The third kappa shape index (κ3) is 2.99. The smallest absolute Gasteiger partial charge is 0.269 e. The second kappa shape index (κ2) is 6.92. The number of nitrogens with one attached hydrogen (secondary N) is 1. The predicted octanol–water partition coefficient (Wildman–Crippen LogP) is 2.59. The van der Waals surface area contributed by atoms with E-state index in [-0.39, 0.29) is 10.5 Å². The summed E-state index contributed by atoms with van der Waals surface area (Å²) in [7, 11) is -3.99. The van der Waals surface area contributed by atoms with Crippen LogP contribution < -0.4 is 5.32 Å². The van der Waals surface area contributed by atoms with E-state index in [1.54, 1.807) is 12.1 Å². The van der Waals surface area contributed by atoms with Crippen molar-refractivity contribution in [2.75, 3.05) is 11.9 Å². The molecule has 0 spiro atoms. The first-order valence-electron chi connectivity index (χ1n) is 8.46. The fourth-order valence-corrected chi connectivity index (χ4v) is 4.62. The van der Waals surface area contributed by atoms with Gasteiger partial charge in [-0.1, -0.05) is 44.2 Å². The summed E-state index contributed by atoms with van der Waals surface area (Å²) in [6, 6.07) is 11.7. The number of rotatable bonds is 5. The van der Waals surface area contributed by atoms with Crippen LogP contribution in [0.3, 0.4) is 0 Å². The van der Waals surface area contributed by atoms with Crippen LogP contribution in [0.1, 0.15) is 35.3 Å². The third-order valence-electron chi connectivity index (χ3n) is 4.46. The zero-order valence-corrected chi connectivity index (χ0v) is 15.5. The van der Waals surface area contributed by atoms with E-state index < -0.39 is 28.4 Å². The lowest BCUT2D eigenvalue weighted by Crippen LogP contribution is -2.37. The van der Waals surface area contributed by atoms with E-state index in [1.165, 1.54) is 12.1 Å². The Morgan fingerprint density at radius 2 is 1.62 bits per heavy atom. The van der Waals surface area contributed by atoms with Gasteiger partial charge in [-0.3, -0.25) is 9.59 Å². The minimum Gasteiger partial charge on any atom is -0.324 e. The summed E-state index contributed by atoms with van der Waals surface area (Å²) < 4.78 is 25.7. The van der Waals surface area contributed by atoms with Crippen LogP contribution in [0, 0.1) is 0 Å². The number of para-hydroxylation sites is 1. The highest BCUT2D eigenvalue weighted by molar-refractivity contribution is 7.90. The number of amides is 2. The van der Waals surface area contributed by atoms with Crippen molar-refractivity contribution >= 4 is 27.5 Å². The van der Waals surface area contributed by atoms with Gasteiger partial charge in [-0.25, -0.2) is 12.7 Å². The number of hydrogen-bond acceptors (Lipinski definition) is 4. The first kappa shape index (κ1) is 18.1. The van der Waals surface area contributed by atoms with Crippen molar-refractivity contribution in [1.82, 2.24) is 4.31 Å². The molecular weight excluding hydrogens is 352 g/mol. The predicted molar refractivity (Wildman–Crippen MR) is 98.5 cm³/mol. The second-order valence-electron chi connectivity index (χ2n) is 6.02. The molecule has 2 aromatic carbocycles. The van der Waals surface area contributed by atoms with Gasteiger partial charge in [0.25, 0.3) is 15.9 Å². The zero-order valence-electron chi connectivity index (χ0n) is 14.7. The van der Waals surface area contributed by atoms with E-state index >= 15 is 0 Å². The first-order chi connectivity index (χ1) is 12.4. The van der Waals surface area contributed by atoms with E-state index in [4.69, 9.17) is 0 Å². The van der Waals surface area contributed by atoms with Gasteiger partial charge in [0.1, 0.15) is 11.4 Å². The lowest BCUT2D eigenvalue weighted by Gasteiger charge is -2.18. The number of hydrogen-bond donors (Lipinski definition) is 1. The molecule has 1 aliphatic rings. The largest absolute Gasteiger partial charge is 0.324 e. The molecule has 0 fully saturated rings. The molecule has 0 aromatic heterocycles. The summed E-state index contributed by atoms with van der Waals surface area (Å²) in [5.41, 5.74) is 2.74. The standard InChI is InChI=1S/C19H20N2O4S/c1-3-13-8-7-9-14(4-2)18(13)20-17(22)12-21-19(23)15-10-5-6-11-16(15)26(21,24)25/h5-11H,3-4,12H2,1-2H3,(H,20,22). The fraction of sp³-hybridized carbons (Fsp3) is 0.263. The Labute approximate surface area is 152 Å². The molecule has 0 atom stereocenters. The monoisotopic (exact) mass is 372 g/mol. The molecule has 0 radical (unpaired) electrons. The summed E-state index contributed by atoms with van der Waals surface area (Å²) in [4.78, 5) is 24.9. The average Bonchev–Trinajstić information content (AvgIpc) is 2.83. The Balaban J connectivity index is 1.86. The van der Waals surface area contributed by atoms with Gasteiger partial charge in [0.2, 0.25) is 5.91 Å².